The van der Waals surface area contributed by atoms with Crippen LogP contribution in [0.5, 0.6) is 5.75 Å². The summed E-state index contributed by atoms with van der Waals surface area (Å²) in [5.74, 6) is -3.02. The maximum absolute atomic E-state index is 16.7. The Morgan fingerprint density at radius 1 is 1.03 bits per heavy atom. The molecule has 7 atom stereocenters. The Kier molecular flexibility index (Phi) is 11.6. The lowest BCUT2D eigenvalue weighted by molar-refractivity contribution is -0.152. The average molecular weight is 854 g/mol. The van der Waals surface area contributed by atoms with Gasteiger partial charge in [0, 0.05) is 54.3 Å². The number of amides is 3. The second kappa shape index (κ2) is 17.1. The van der Waals surface area contributed by atoms with E-state index in [0.717, 1.165) is 56.1 Å². The van der Waals surface area contributed by atoms with Gasteiger partial charge < -0.3 is 29.1 Å². The van der Waals surface area contributed by atoms with Gasteiger partial charge in [-0.25, -0.2) is 9.48 Å². The largest absolute Gasteiger partial charge is 0.464 e. The summed E-state index contributed by atoms with van der Waals surface area (Å²) in [6.07, 6.45) is 12.7. The number of likely N-dealkylation sites (tertiary alicyclic amines) is 1. The lowest BCUT2D eigenvalue weighted by Crippen LogP contribution is -2.57. The highest BCUT2D eigenvalue weighted by Gasteiger charge is 2.58. The van der Waals surface area contributed by atoms with Gasteiger partial charge in [-0.05, 0) is 104 Å². The number of hydrogen-bond donors (Lipinski definition) is 2. The van der Waals surface area contributed by atoms with Crippen molar-refractivity contribution in [3.8, 4) is 5.75 Å². The molecule has 15 heteroatoms. The van der Waals surface area contributed by atoms with Gasteiger partial charge in [0.05, 0.1) is 19.8 Å². The Hall–Kier alpha value is -4.91. The zero-order chi connectivity index (χ0) is 42.3. The van der Waals surface area contributed by atoms with E-state index in [2.05, 4.69) is 26.4 Å². The molecule has 3 amide bonds. The van der Waals surface area contributed by atoms with Crippen molar-refractivity contribution in [1.82, 2.24) is 25.2 Å². The van der Waals surface area contributed by atoms with Crippen LogP contribution in [0.15, 0.2) is 78.6 Å². The van der Waals surface area contributed by atoms with Gasteiger partial charge >= 0.3 is 13.5 Å². The second-order valence-electron chi connectivity index (χ2n) is 17.7. The number of alkyl halides is 1. The van der Waals surface area contributed by atoms with Crippen LogP contribution in [0.3, 0.4) is 0 Å². The van der Waals surface area contributed by atoms with Crippen LogP contribution in [0.1, 0.15) is 98.8 Å². The Morgan fingerprint density at radius 3 is 2.57 bits per heavy atom. The molecule has 322 valence electrons. The third kappa shape index (κ3) is 8.51. The van der Waals surface area contributed by atoms with Crippen LogP contribution in [0.25, 0.3) is 6.08 Å². The predicted molar refractivity (Wildman–Crippen MR) is 224 cm³/mol. The topological polar surface area (TPSA) is 156 Å². The maximum Gasteiger partial charge on any atom is 0.355 e. The van der Waals surface area contributed by atoms with Crippen LogP contribution in [0.2, 0.25) is 0 Å². The minimum Gasteiger partial charge on any atom is -0.464 e. The fraction of sp³-hybridized carbons (Fsp3) is 0.500. The van der Waals surface area contributed by atoms with Crippen molar-refractivity contribution in [1.29, 1.82) is 0 Å². The standard InChI is InChI=1S/C46H53FN5O8P/c1-29(45(56)59-28-30-26-58-27-30)50-61(57,60-38-10-3-2-4-11-38)41(47)32-14-13-31-20-35(22-34(31)21-32)42(53)49-39-12-6-5-9-37-15-16-40(52(37)43(39)54)44(55)51-25-36(23-46(51)17-18-46)33-8-7-19-48-24-33/h2-4,7-8,10-11,13-14,19,21-22,24,29-30,36-37,39-41H,5-6,9,12,15-18,20,23,25-28H2,1H3,(H,49,53)(H,50,57)/t29-,36-,37-,39-,40-,41+,61?/m0/s1. The highest BCUT2D eigenvalue weighted by molar-refractivity contribution is 7.57. The van der Waals surface area contributed by atoms with Gasteiger partial charge in [-0.1, -0.05) is 49.2 Å². The monoisotopic (exact) mass is 853 g/mol. The molecule has 5 heterocycles. The molecule has 6 aliphatic rings. The van der Waals surface area contributed by atoms with E-state index in [4.69, 9.17) is 14.0 Å². The van der Waals surface area contributed by atoms with E-state index in [0.29, 0.717) is 43.7 Å². The third-order valence-electron chi connectivity index (χ3n) is 13.4. The number of fused-ring (bicyclic) bond motifs is 2. The molecule has 1 spiro atoms. The van der Waals surface area contributed by atoms with Gasteiger partial charge in [0.1, 0.15) is 23.9 Å². The molecule has 61 heavy (non-hydrogen) atoms. The lowest BCUT2D eigenvalue weighted by atomic mass is 9.97. The van der Waals surface area contributed by atoms with E-state index < -0.39 is 43.4 Å². The van der Waals surface area contributed by atoms with Gasteiger partial charge in [0.2, 0.25) is 23.6 Å². The van der Waals surface area contributed by atoms with Crippen LogP contribution in [0, 0.1) is 5.92 Å². The predicted octanol–water partition coefficient (Wildman–Crippen LogP) is 6.40. The van der Waals surface area contributed by atoms with Crippen molar-refractivity contribution in [3.05, 3.63) is 101 Å². The summed E-state index contributed by atoms with van der Waals surface area (Å²) in [6.45, 7) is 3.18. The smallest absolute Gasteiger partial charge is 0.355 e. The molecule has 4 saturated heterocycles. The Bertz CT molecular complexity index is 2240. The zero-order valence-electron chi connectivity index (χ0n) is 34.4. The number of halogens is 1. The van der Waals surface area contributed by atoms with E-state index >= 15 is 4.39 Å². The van der Waals surface area contributed by atoms with Crippen molar-refractivity contribution >= 4 is 37.3 Å². The average Bonchev–Trinajstić information content (AvgIpc) is 3.53. The van der Waals surface area contributed by atoms with Crippen molar-refractivity contribution < 1.29 is 42.1 Å². The van der Waals surface area contributed by atoms with Crippen molar-refractivity contribution in [2.75, 3.05) is 26.4 Å². The molecule has 0 radical (unpaired) electrons. The van der Waals surface area contributed by atoms with Crippen LogP contribution < -0.4 is 14.9 Å². The Morgan fingerprint density at radius 2 is 1.84 bits per heavy atom. The van der Waals surface area contributed by atoms with Crippen molar-refractivity contribution in [2.45, 2.75) is 113 Å². The number of carbonyl (C=O) groups is 4. The number of nitrogens with one attached hydrogen (secondary N) is 2. The number of carbonyl (C=O) groups excluding carboxylic acids is 4. The summed E-state index contributed by atoms with van der Waals surface area (Å²) in [6, 6.07) is 14.4. The van der Waals surface area contributed by atoms with Gasteiger partial charge in [0.15, 0.2) is 0 Å². The van der Waals surface area contributed by atoms with Crippen molar-refractivity contribution in [2.24, 2.45) is 5.92 Å². The summed E-state index contributed by atoms with van der Waals surface area (Å²) in [5, 5.41) is 5.65. The summed E-state index contributed by atoms with van der Waals surface area (Å²) in [4.78, 5) is 63.9. The molecule has 9 rings (SSSR count). The number of pyridine rings is 1. The molecule has 3 aromatic rings. The van der Waals surface area contributed by atoms with Crippen molar-refractivity contribution in [3.63, 3.8) is 0 Å². The quantitative estimate of drug-likeness (QED) is 0.146. The van der Waals surface area contributed by atoms with E-state index in [1.165, 1.54) is 13.0 Å². The first-order chi connectivity index (χ1) is 29.5. The fourth-order valence-electron chi connectivity index (χ4n) is 9.82. The molecular weight excluding hydrogens is 801 g/mol. The molecule has 2 aromatic carbocycles. The third-order valence-corrected chi connectivity index (χ3v) is 15.5. The van der Waals surface area contributed by atoms with Crippen LogP contribution in [-0.4, -0.2) is 94.5 Å². The first-order valence-electron chi connectivity index (χ1n) is 21.7. The molecule has 1 saturated carbocycles. The number of benzene rings is 2. The highest BCUT2D eigenvalue weighted by atomic mass is 31.2. The highest BCUT2D eigenvalue weighted by Crippen LogP contribution is 2.58. The molecule has 5 fully saturated rings. The Labute approximate surface area is 355 Å². The van der Waals surface area contributed by atoms with Crippen LogP contribution in [0.4, 0.5) is 4.39 Å². The molecule has 2 N–H and O–H groups in total. The summed E-state index contributed by atoms with van der Waals surface area (Å²) >= 11 is 0. The number of aromatic nitrogens is 1. The SMILES string of the molecule is C[C@H](NP(=O)(Oc1ccccc1)[C@@H](F)c1ccc2c(c1)C=C(C(=O)N[C@H]1CCCC[C@H]3CC[C@@H](C(=O)N4C[C@@H](c5cccnc5)CC45CC5)N3C1=O)C2)C(=O)OCC1COC1. The number of nitrogens with zero attached hydrogens (tertiary/aromatic N) is 3. The van der Waals surface area contributed by atoms with E-state index in [9.17, 15) is 23.7 Å². The maximum atomic E-state index is 16.7. The number of hydrogen-bond acceptors (Lipinski definition) is 9. The molecular formula is C46H53FN5O8P. The van der Waals surface area contributed by atoms with Gasteiger partial charge in [-0.2, -0.15) is 0 Å². The molecule has 1 aromatic heterocycles. The van der Waals surface area contributed by atoms with Gasteiger partial charge in [-0.15, -0.1) is 0 Å². The fourth-order valence-corrected chi connectivity index (χ4v) is 11.7. The lowest BCUT2D eigenvalue weighted by Gasteiger charge is -2.37. The first-order valence-corrected chi connectivity index (χ1v) is 23.4. The molecule has 0 bridgehead atoms. The van der Waals surface area contributed by atoms with Crippen LogP contribution in [-0.2, 0) is 39.6 Å². The van der Waals surface area contributed by atoms with Gasteiger partial charge in [0.25, 0.3) is 0 Å². The molecule has 4 aliphatic heterocycles. The number of rotatable bonds is 13. The minimum atomic E-state index is -4.47. The number of para-hydroxylation sites is 1. The molecule has 1 unspecified atom stereocenters. The molecule has 13 nitrogen and oxygen atoms in total. The normalized spacial score (nSPS) is 26.1. The summed E-state index contributed by atoms with van der Waals surface area (Å²) in [5.41, 5.74) is 2.78. The number of ether oxygens (including phenoxy) is 2. The van der Waals surface area contributed by atoms with E-state index in [1.807, 2.05) is 12.3 Å². The zero-order valence-corrected chi connectivity index (χ0v) is 35.3. The van der Waals surface area contributed by atoms with E-state index in [-0.39, 0.29) is 59.6 Å². The van der Waals surface area contributed by atoms with Crippen LogP contribution >= 0.6 is 7.52 Å². The summed E-state index contributed by atoms with van der Waals surface area (Å²) in [7, 11) is -4.47. The Balaban J connectivity index is 0.884. The summed E-state index contributed by atoms with van der Waals surface area (Å²) < 4.78 is 47.4. The van der Waals surface area contributed by atoms with E-state index in [1.54, 1.807) is 59.6 Å². The number of esters is 1. The second-order valence-corrected chi connectivity index (χ2v) is 19.8. The first kappa shape index (κ1) is 41.4. The molecule has 2 aliphatic carbocycles. The van der Waals surface area contributed by atoms with Gasteiger partial charge in [-0.3, -0.25) is 28.7 Å². The minimum absolute atomic E-state index is 0.0177.